The van der Waals surface area contributed by atoms with Gasteiger partial charge < -0.3 is 158 Å². The molecule has 8 saturated heterocycles. The van der Waals surface area contributed by atoms with Gasteiger partial charge in [-0.05, 0) is 111 Å². The molecule has 4 saturated carbocycles. The summed E-state index contributed by atoms with van der Waals surface area (Å²) < 4.78 is 84.3. The summed E-state index contributed by atoms with van der Waals surface area (Å²) in [5.74, 6) is 2.79. The molecule has 0 aromatic carbocycles. The van der Waals surface area contributed by atoms with Crippen LogP contribution in [0.1, 0.15) is 98.8 Å². The summed E-state index contributed by atoms with van der Waals surface area (Å²) in [6.45, 7) is 6.94. The van der Waals surface area contributed by atoms with Crippen molar-refractivity contribution < 1.29 is 158 Å². The minimum Gasteiger partial charge on any atom is -0.394 e. The van der Waals surface area contributed by atoms with Crippen LogP contribution in [0.4, 0.5) is 0 Å². The lowest BCUT2D eigenvalue weighted by molar-refractivity contribution is -0.403. The van der Waals surface area contributed by atoms with Gasteiger partial charge in [-0.1, -0.05) is 27.7 Å². The molecular formula is C63H104O32. The molecule has 18 N–H and O–H groups in total. The lowest BCUT2D eigenvalue weighted by atomic mass is 9.44. The Morgan fingerprint density at radius 1 is 0.379 bits per heavy atom. The van der Waals surface area contributed by atoms with Gasteiger partial charge in [0.1, 0.15) is 140 Å². The van der Waals surface area contributed by atoms with Crippen LogP contribution in [-0.2, 0) is 66.3 Å². The van der Waals surface area contributed by atoms with Crippen molar-refractivity contribution in [2.24, 2.45) is 52.3 Å². The van der Waals surface area contributed by atoms with E-state index in [4.69, 9.17) is 66.3 Å². The predicted octanol–water partition coefficient (Wildman–Crippen LogP) is -6.23. The summed E-state index contributed by atoms with van der Waals surface area (Å²) >= 11 is 0. The van der Waals surface area contributed by atoms with Crippen LogP contribution in [-0.4, -0.2) is 334 Å². The largest absolute Gasteiger partial charge is 0.394 e. The zero-order chi connectivity index (χ0) is 68.2. The minimum atomic E-state index is -2.25. The van der Waals surface area contributed by atoms with Crippen LogP contribution in [0, 0.1) is 52.3 Å². The molecule has 8 heterocycles. The summed E-state index contributed by atoms with van der Waals surface area (Å²) in [6.07, 6.45) is -46.2. The first-order chi connectivity index (χ1) is 45.1. The molecule has 0 radical (unpaired) electrons. The third-order valence-electron chi connectivity index (χ3n) is 24.6. The summed E-state index contributed by atoms with van der Waals surface area (Å²) in [7, 11) is 0. The van der Waals surface area contributed by atoms with E-state index < -0.39 is 223 Å². The summed E-state index contributed by atoms with van der Waals surface area (Å²) in [5.41, 5.74) is 0.212. The Labute approximate surface area is 549 Å². The number of aliphatic hydroxyl groups is 18. The second kappa shape index (κ2) is 29.1. The average molecular weight is 1370 g/mol. The Morgan fingerprint density at radius 2 is 0.842 bits per heavy atom. The molecule has 95 heavy (non-hydrogen) atoms. The van der Waals surface area contributed by atoms with Crippen molar-refractivity contribution in [3.63, 3.8) is 0 Å². The van der Waals surface area contributed by atoms with Crippen LogP contribution in [0.15, 0.2) is 0 Å². The number of hydrogen-bond acceptors (Lipinski definition) is 32. The second-order valence-corrected chi connectivity index (χ2v) is 29.9. The van der Waals surface area contributed by atoms with Gasteiger partial charge in [-0.2, -0.15) is 0 Å². The van der Waals surface area contributed by atoms with E-state index in [1.165, 1.54) is 6.92 Å². The SMILES string of the molecule is C[C@@H]1CC[C@@]2(OC1)O[C@H]1C[C@H]3[C@@H]4CC[C@H]5C[C@@H](O[C@@H]6O[C@H](CO)[C@H](O[C@@H]7O[C@H](CO)[C@@H](O)[C@H](O)[C@H]7O[C@@H]7O[C@H](CO)[C@@H](O)[C@H](O[C@@H]8O[C@H](CO)[C@@H](O)[C@H](O[C@@H]9O[C@H](CO)[C@@H](O[C@@H]%10O[C@@H](C)[C@H](O)[C@@H](O)[C@H]%10O)[C@H](O)[C@H]9O)[C@H]8O)[C@H]7O)[C@H](O)[C@H]6O)CC[C@]5(C)[C@H]4CC[C@]3(C)[C@H]1[C@@H]2C. The number of rotatable bonds is 17. The van der Waals surface area contributed by atoms with E-state index in [1.54, 1.807) is 0 Å². The van der Waals surface area contributed by atoms with E-state index in [2.05, 4.69) is 27.7 Å². The third-order valence-corrected chi connectivity index (χ3v) is 24.6. The van der Waals surface area contributed by atoms with Crippen molar-refractivity contribution in [2.45, 2.75) is 301 Å². The van der Waals surface area contributed by atoms with E-state index in [0.717, 1.165) is 58.0 Å². The smallest absolute Gasteiger partial charge is 0.187 e. The Balaban J connectivity index is 0.683. The van der Waals surface area contributed by atoms with Crippen LogP contribution in [0.25, 0.3) is 0 Å². The Kier molecular flexibility index (Phi) is 22.5. The highest BCUT2D eigenvalue weighted by atomic mass is 16.8. The first-order valence-corrected chi connectivity index (χ1v) is 34.2. The number of ether oxygens (including phenoxy) is 14. The van der Waals surface area contributed by atoms with Crippen LogP contribution >= 0.6 is 0 Å². The molecule has 8 aliphatic heterocycles. The molecule has 0 aromatic rings. The van der Waals surface area contributed by atoms with Crippen molar-refractivity contribution in [3.8, 4) is 0 Å². The maximum atomic E-state index is 11.9. The van der Waals surface area contributed by atoms with E-state index >= 15 is 0 Å². The molecule has 0 amide bonds. The zero-order valence-electron chi connectivity index (χ0n) is 54.1. The normalized spacial score (nSPS) is 57.3. The topological polar surface area (TPSA) is 493 Å². The van der Waals surface area contributed by atoms with Gasteiger partial charge in [-0.15, -0.1) is 0 Å². The van der Waals surface area contributed by atoms with Gasteiger partial charge in [0.15, 0.2) is 43.5 Å². The van der Waals surface area contributed by atoms with Gasteiger partial charge in [0.05, 0.1) is 58.0 Å². The molecule has 12 rings (SSSR count). The lowest BCUT2D eigenvalue weighted by Gasteiger charge is -2.61. The fourth-order valence-corrected chi connectivity index (χ4v) is 19.1. The molecule has 0 unspecified atom stereocenters. The van der Waals surface area contributed by atoms with E-state index in [1.807, 2.05) is 0 Å². The van der Waals surface area contributed by atoms with E-state index in [9.17, 15) is 91.9 Å². The molecular weight excluding hydrogens is 1270 g/mol. The lowest BCUT2D eigenvalue weighted by Crippen LogP contribution is -2.68. The van der Waals surface area contributed by atoms with Crippen molar-refractivity contribution in [1.82, 2.24) is 0 Å². The summed E-state index contributed by atoms with van der Waals surface area (Å²) in [6, 6.07) is 0. The van der Waals surface area contributed by atoms with Crippen LogP contribution < -0.4 is 0 Å². The van der Waals surface area contributed by atoms with Gasteiger partial charge in [-0.25, -0.2) is 0 Å². The highest BCUT2D eigenvalue weighted by molar-refractivity contribution is 5.16. The molecule has 12 aliphatic rings. The molecule has 42 atom stereocenters. The molecule has 0 bridgehead atoms. The van der Waals surface area contributed by atoms with E-state index in [-0.39, 0.29) is 23.0 Å². The monoisotopic (exact) mass is 1370 g/mol. The molecule has 548 valence electrons. The maximum Gasteiger partial charge on any atom is 0.187 e. The van der Waals surface area contributed by atoms with Crippen molar-refractivity contribution in [2.75, 3.05) is 39.6 Å². The van der Waals surface area contributed by atoms with Crippen LogP contribution in [0.5, 0.6) is 0 Å². The first kappa shape index (κ1) is 73.5. The van der Waals surface area contributed by atoms with Gasteiger partial charge in [0.2, 0.25) is 0 Å². The van der Waals surface area contributed by atoms with Crippen molar-refractivity contribution >= 4 is 0 Å². The number of fused-ring (bicyclic) bond motifs is 7. The highest BCUT2D eigenvalue weighted by Crippen LogP contribution is 2.71. The summed E-state index contributed by atoms with van der Waals surface area (Å²) in [4.78, 5) is 0. The molecule has 32 heteroatoms. The molecule has 32 nitrogen and oxygen atoms in total. The van der Waals surface area contributed by atoms with Crippen LogP contribution in [0.3, 0.4) is 0 Å². The molecule has 4 aliphatic carbocycles. The molecule has 12 fully saturated rings. The molecule has 0 aromatic heterocycles. The van der Waals surface area contributed by atoms with Crippen LogP contribution in [0.2, 0.25) is 0 Å². The second-order valence-electron chi connectivity index (χ2n) is 29.9. The molecule has 1 spiro atoms. The standard InChI is InChI=1S/C63H104O32/c1-22-8-13-63(82-21-22)23(2)36-30(95-63)15-29-27-7-6-25-14-26(9-11-61(25,4)28(27)10-12-62(29,36)5)84-56-46(78)43(75)51(35(20-68)88-56)91-60-54(42(74)38(70)31(16-64)87-60)94-59-49(81)53(40(72)33(18-66)86-59)93-58-48(80)52(39(71)32(17-65)85-58)92-57-47(79)44(76)50(34(19-67)89-57)90-55-45(77)41(73)37(69)24(3)83-55/h22-60,64-81H,6-21H2,1-5H3/t22-,23+,24+,25+,26+,27-,28+,29+,30+,31-,32-,33-,34-,35-,36+,37+,38-,39-,40-,41-,42+,43-,44-,45-,46-,47-,48-,49-,50-,51+,52+,53+,54-,55+,56-,57+,58+,59+,60+,61+,62+,63-/m1/s1. The quantitative estimate of drug-likeness (QED) is 0.0603. The van der Waals surface area contributed by atoms with Gasteiger partial charge in [-0.3, -0.25) is 0 Å². The average Bonchev–Trinajstić information content (AvgIpc) is 1.56. The zero-order valence-corrected chi connectivity index (χ0v) is 54.1. The first-order valence-electron chi connectivity index (χ1n) is 34.2. The maximum absolute atomic E-state index is 11.9. The van der Waals surface area contributed by atoms with Gasteiger partial charge in [0.25, 0.3) is 0 Å². The Hall–Kier alpha value is -1.28. The Bertz CT molecular complexity index is 2500. The summed E-state index contributed by atoms with van der Waals surface area (Å²) in [5, 5.41) is 199. The minimum absolute atomic E-state index is 0.0464. The fourth-order valence-electron chi connectivity index (χ4n) is 19.1. The van der Waals surface area contributed by atoms with Crippen molar-refractivity contribution in [1.29, 1.82) is 0 Å². The van der Waals surface area contributed by atoms with Crippen molar-refractivity contribution in [3.05, 3.63) is 0 Å². The Morgan fingerprint density at radius 3 is 1.40 bits per heavy atom. The fraction of sp³-hybridized carbons (Fsp3) is 1.00. The number of hydrogen-bond donors (Lipinski definition) is 18. The third kappa shape index (κ3) is 13.2. The van der Waals surface area contributed by atoms with Gasteiger partial charge in [0, 0.05) is 12.3 Å². The van der Waals surface area contributed by atoms with E-state index in [0.29, 0.717) is 54.3 Å². The number of aliphatic hydroxyl groups excluding tert-OH is 18. The predicted molar refractivity (Wildman–Crippen MR) is 312 cm³/mol. The highest BCUT2D eigenvalue weighted by Gasteiger charge is 2.70. The van der Waals surface area contributed by atoms with Gasteiger partial charge >= 0.3 is 0 Å².